The largest absolute Gasteiger partial charge is 0.489 e. The van der Waals surface area contributed by atoms with Crippen LogP contribution in [0, 0.1) is 13.8 Å². The Balaban J connectivity index is 1.86. The van der Waals surface area contributed by atoms with Gasteiger partial charge in [0.1, 0.15) is 24.7 Å². The quantitative estimate of drug-likeness (QED) is 0.660. The number of benzene rings is 2. The second kappa shape index (κ2) is 6.14. The Morgan fingerprint density at radius 2 is 1.47 bits per heavy atom. The molecule has 19 heavy (non-hydrogen) atoms. The predicted molar refractivity (Wildman–Crippen MR) is 77.8 cm³/mol. The third kappa shape index (κ3) is 3.41. The molecule has 2 aromatic rings. The van der Waals surface area contributed by atoms with E-state index in [1.54, 1.807) is 0 Å². The summed E-state index contributed by atoms with van der Waals surface area (Å²) in [5.41, 5.74) is 8.72. The molecule has 0 aliphatic rings. The van der Waals surface area contributed by atoms with E-state index < -0.39 is 0 Å². The van der Waals surface area contributed by atoms with Gasteiger partial charge in [0.05, 0.1) is 5.69 Å². The van der Waals surface area contributed by atoms with Crippen molar-refractivity contribution in [2.75, 3.05) is 18.9 Å². The fourth-order valence-electron chi connectivity index (χ4n) is 1.93. The molecule has 0 aliphatic carbocycles. The molecule has 0 atom stereocenters. The van der Waals surface area contributed by atoms with Crippen LogP contribution in [0.5, 0.6) is 11.5 Å². The molecule has 0 spiro atoms. The van der Waals surface area contributed by atoms with E-state index in [1.807, 2.05) is 56.3 Å². The molecule has 2 N–H and O–H groups in total. The number of rotatable bonds is 5. The molecule has 3 nitrogen and oxygen atoms in total. The maximum Gasteiger partial charge on any atom is 0.142 e. The summed E-state index contributed by atoms with van der Waals surface area (Å²) in [5.74, 6) is 1.64. The first-order valence-electron chi connectivity index (χ1n) is 6.35. The van der Waals surface area contributed by atoms with Crippen LogP contribution in [-0.2, 0) is 0 Å². The average molecular weight is 257 g/mol. The Hall–Kier alpha value is -2.16. The van der Waals surface area contributed by atoms with Gasteiger partial charge in [0.25, 0.3) is 0 Å². The van der Waals surface area contributed by atoms with Gasteiger partial charge >= 0.3 is 0 Å². The first-order chi connectivity index (χ1) is 9.18. The Morgan fingerprint density at radius 3 is 2.16 bits per heavy atom. The van der Waals surface area contributed by atoms with Crippen LogP contribution in [0.25, 0.3) is 0 Å². The maximum absolute atomic E-state index is 5.80. The number of ether oxygens (including phenoxy) is 2. The van der Waals surface area contributed by atoms with Crippen LogP contribution in [0.1, 0.15) is 11.1 Å². The normalized spacial score (nSPS) is 10.2. The van der Waals surface area contributed by atoms with Crippen molar-refractivity contribution in [3.8, 4) is 11.5 Å². The van der Waals surface area contributed by atoms with Gasteiger partial charge in [-0.1, -0.05) is 30.3 Å². The van der Waals surface area contributed by atoms with Crippen LogP contribution in [-0.4, -0.2) is 13.2 Å². The van der Waals surface area contributed by atoms with Gasteiger partial charge in [-0.15, -0.1) is 0 Å². The fourth-order valence-corrected chi connectivity index (χ4v) is 1.93. The second-order valence-electron chi connectivity index (χ2n) is 4.46. The van der Waals surface area contributed by atoms with Gasteiger partial charge in [-0.05, 0) is 37.1 Å². The van der Waals surface area contributed by atoms with Gasteiger partial charge in [-0.2, -0.15) is 0 Å². The lowest BCUT2D eigenvalue weighted by molar-refractivity contribution is 0.216. The third-order valence-electron chi connectivity index (χ3n) is 2.92. The molecule has 0 saturated carbocycles. The number of para-hydroxylation sites is 3. The first-order valence-corrected chi connectivity index (χ1v) is 6.35. The number of hydrogen-bond acceptors (Lipinski definition) is 3. The molecule has 0 fully saturated rings. The van der Waals surface area contributed by atoms with Crippen molar-refractivity contribution >= 4 is 5.69 Å². The molecule has 3 heteroatoms. The number of nitrogen functional groups attached to an aromatic ring is 1. The highest BCUT2D eigenvalue weighted by molar-refractivity contribution is 5.51. The standard InChI is InChI=1S/C16H19NO2/c1-12-6-5-7-13(2)16(12)19-11-10-18-15-9-4-3-8-14(15)17/h3-9H,10-11,17H2,1-2H3. The molecule has 2 rings (SSSR count). The van der Waals surface area contributed by atoms with E-state index in [-0.39, 0.29) is 0 Å². The van der Waals surface area contributed by atoms with Crippen LogP contribution in [0.4, 0.5) is 5.69 Å². The van der Waals surface area contributed by atoms with Gasteiger partial charge in [-0.25, -0.2) is 0 Å². The summed E-state index contributed by atoms with van der Waals surface area (Å²) in [6, 6.07) is 13.6. The van der Waals surface area contributed by atoms with Gasteiger partial charge in [0, 0.05) is 0 Å². The van der Waals surface area contributed by atoms with Crippen molar-refractivity contribution in [2.45, 2.75) is 13.8 Å². The Morgan fingerprint density at radius 1 is 0.842 bits per heavy atom. The number of aryl methyl sites for hydroxylation is 2. The topological polar surface area (TPSA) is 44.5 Å². The maximum atomic E-state index is 5.80. The summed E-state index contributed by atoms with van der Waals surface area (Å²) < 4.78 is 11.4. The number of anilines is 1. The summed E-state index contributed by atoms with van der Waals surface area (Å²) in [6.07, 6.45) is 0. The highest BCUT2D eigenvalue weighted by Crippen LogP contribution is 2.23. The van der Waals surface area contributed by atoms with Crippen molar-refractivity contribution < 1.29 is 9.47 Å². The Kier molecular flexibility index (Phi) is 4.29. The molecule has 0 aliphatic heterocycles. The van der Waals surface area contributed by atoms with Crippen molar-refractivity contribution in [1.82, 2.24) is 0 Å². The van der Waals surface area contributed by atoms with Crippen molar-refractivity contribution in [1.29, 1.82) is 0 Å². The Labute approximate surface area is 114 Å². The molecular formula is C16H19NO2. The monoisotopic (exact) mass is 257 g/mol. The molecule has 0 heterocycles. The van der Waals surface area contributed by atoms with E-state index in [0.717, 1.165) is 16.9 Å². The summed E-state index contributed by atoms with van der Waals surface area (Å²) in [4.78, 5) is 0. The van der Waals surface area contributed by atoms with Crippen LogP contribution in [0.3, 0.4) is 0 Å². The van der Waals surface area contributed by atoms with Gasteiger partial charge in [0.15, 0.2) is 0 Å². The molecule has 0 amide bonds. The molecule has 2 aromatic carbocycles. The lowest BCUT2D eigenvalue weighted by Crippen LogP contribution is -2.11. The fraction of sp³-hybridized carbons (Fsp3) is 0.250. The summed E-state index contributed by atoms with van der Waals surface area (Å²) in [5, 5.41) is 0. The molecule has 100 valence electrons. The lowest BCUT2D eigenvalue weighted by atomic mass is 10.1. The highest BCUT2D eigenvalue weighted by Gasteiger charge is 2.03. The van der Waals surface area contributed by atoms with Crippen molar-refractivity contribution in [3.63, 3.8) is 0 Å². The molecule has 0 saturated heterocycles. The minimum atomic E-state index is 0.474. The zero-order valence-electron chi connectivity index (χ0n) is 11.3. The van der Waals surface area contributed by atoms with Gasteiger partial charge in [0.2, 0.25) is 0 Å². The van der Waals surface area contributed by atoms with E-state index >= 15 is 0 Å². The number of nitrogens with two attached hydrogens (primary N) is 1. The molecule has 0 aromatic heterocycles. The first kappa shape index (κ1) is 13.3. The predicted octanol–water partition coefficient (Wildman–Crippen LogP) is 3.34. The summed E-state index contributed by atoms with van der Waals surface area (Å²) >= 11 is 0. The van der Waals surface area contributed by atoms with Gasteiger partial charge < -0.3 is 15.2 Å². The van der Waals surface area contributed by atoms with Crippen LogP contribution in [0.2, 0.25) is 0 Å². The smallest absolute Gasteiger partial charge is 0.142 e. The molecule has 0 radical (unpaired) electrons. The van der Waals surface area contributed by atoms with E-state index in [4.69, 9.17) is 15.2 Å². The van der Waals surface area contributed by atoms with Gasteiger partial charge in [-0.3, -0.25) is 0 Å². The van der Waals surface area contributed by atoms with Crippen molar-refractivity contribution in [3.05, 3.63) is 53.6 Å². The van der Waals surface area contributed by atoms with Crippen molar-refractivity contribution in [2.24, 2.45) is 0 Å². The van der Waals surface area contributed by atoms with E-state index in [0.29, 0.717) is 24.7 Å². The zero-order valence-corrected chi connectivity index (χ0v) is 11.3. The zero-order chi connectivity index (χ0) is 13.7. The highest BCUT2D eigenvalue weighted by atomic mass is 16.5. The van der Waals surface area contributed by atoms with Crippen LogP contribution in [0.15, 0.2) is 42.5 Å². The van der Waals surface area contributed by atoms with Crippen LogP contribution < -0.4 is 15.2 Å². The summed E-state index contributed by atoms with van der Waals surface area (Å²) in [7, 11) is 0. The van der Waals surface area contributed by atoms with E-state index in [2.05, 4.69) is 0 Å². The molecule has 0 unspecified atom stereocenters. The Bertz CT molecular complexity index is 532. The van der Waals surface area contributed by atoms with E-state index in [9.17, 15) is 0 Å². The second-order valence-corrected chi connectivity index (χ2v) is 4.46. The summed E-state index contributed by atoms with van der Waals surface area (Å²) in [6.45, 7) is 5.05. The minimum Gasteiger partial charge on any atom is -0.489 e. The molecule has 0 bridgehead atoms. The number of hydrogen-bond donors (Lipinski definition) is 1. The van der Waals surface area contributed by atoms with E-state index in [1.165, 1.54) is 0 Å². The SMILES string of the molecule is Cc1cccc(C)c1OCCOc1ccccc1N. The lowest BCUT2D eigenvalue weighted by Gasteiger charge is -2.13. The molecular weight excluding hydrogens is 238 g/mol. The van der Waals surface area contributed by atoms with Crippen LogP contribution >= 0.6 is 0 Å². The average Bonchev–Trinajstić information content (AvgIpc) is 2.39. The minimum absolute atomic E-state index is 0.474. The third-order valence-corrected chi connectivity index (χ3v) is 2.92.